The van der Waals surface area contributed by atoms with Gasteiger partial charge in [-0.2, -0.15) is 5.10 Å². The van der Waals surface area contributed by atoms with Gasteiger partial charge in [-0.15, -0.1) is 0 Å². The van der Waals surface area contributed by atoms with Crippen molar-refractivity contribution in [2.24, 2.45) is 5.92 Å². The second kappa shape index (κ2) is 7.63. The first-order valence-electron chi connectivity index (χ1n) is 10.3. The molecule has 7 nitrogen and oxygen atoms in total. The molecule has 1 aliphatic rings. The zero-order valence-corrected chi connectivity index (χ0v) is 17.7. The molecular formula is C22H29N5O2. The van der Waals surface area contributed by atoms with Crippen molar-refractivity contribution in [2.45, 2.75) is 53.1 Å². The Bertz CT molecular complexity index is 1050. The summed E-state index contributed by atoms with van der Waals surface area (Å²) in [6.45, 7) is 12.0. The molecule has 2 unspecified atom stereocenters. The van der Waals surface area contributed by atoms with E-state index in [2.05, 4.69) is 36.5 Å². The van der Waals surface area contributed by atoms with Crippen LogP contribution in [0.2, 0.25) is 0 Å². The Hall–Kier alpha value is -2.67. The number of nitrogens with one attached hydrogen (secondary N) is 2. The van der Waals surface area contributed by atoms with Crippen LogP contribution >= 0.6 is 0 Å². The molecule has 2 N–H and O–H groups in total. The van der Waals surface area contributed by atoms with E-state index in [1.807, 2.05) is 30.7 Å². The molecule has 4 heterocycles. The quantitative estimate of drug-likeness (QED) is 0.705. The summed E-state index contributed by atoms with van der Waals surface area (Å²) >= 11 is 0. The van der Waals surface area contributed by atoms with E-state index in [4.69, 9.17) is 9.40 Å². The van der Waals surface area contributed by atoms with Crippen LogP contribution < -0.4 is 10.6 Å². The smallest absolute Gasteiger partial charge is 0.252 e. The minimum absolute atomic E-state index is 0.0708. The Morgan fingerprint density at radius 3 is 2.79 bits per heavy atom. The first kappa shape index (κ1) is 19.6. The molecule has 0 bridgehead atoms. The van der Waals surface area contributed by atoms with Crippen molar-refractivity contribution in [3.63, 3.8) is 0 Å². The number of piperidine rings is 1. The van der Waals surface area contributed by atoms with Gasteiger partial charge in [0.1, 0.15) is 11.5 Å². The number of nitrogens with zero attached hydrogens (tertiary/aromatic N) is 3. The molecule has 1 saturated heterocycles. The highest BCUT2D eigenvalue weighted by molar-refractivity contribution is 6.06. The van der Waals surface area contributed by atoms with Gasteiger partial charge in [0.25, 0.3) is 5.91 Å². The maximum absolute atomic E-state index is 13.3. The fourth-order valence-corrected chi connectivity index (χ4v) is 4.08. The SMILES string of the molecule is Cc1cc(-c2cc(C(=O)NC3CCNCC3C)c3cnn(C(C)C)c3n2)c(C)o1. The van der Waals surface area contributed by atoms with E-state index in [0.29, 0.717) is 11.5 Å². The molecule has 0 radical (unpaired) electrons. The standard InChI is InChI=1S/C22H29N5O2/c1-12(2)27-21-18(11-24-27)17(22(28)26-19-6-7-23-10-13(19)3)9-20(25-21)16-8-14(4)29-15(16)5/h8-9,11-13,19,23H,6-7,10H2,1-5H3,(H,26,28). The Kier molecular flexibility index (Phi) is 5.17. The summed E-state index contributed by atoms with van der Waals surface area (Å²) in [5, 5.41) is 11.9. The Morgan fingerprint density at radius 1 is 1.34 bits per heavy atom. The molecule has 7 heteroatoms. The van der Waals surface area contributed by atoms with Gasteiger partial charge in [0.2, 0.25) is 0 Å². The van der Waals surface area contributed by atoms with Crippen LogP contribution in [-0.4, -0.2) is 39.8 Å². The van der Waals surface area contributed by atoms with Crippen LogP contribution in [0.15, 0.2) is 22.7 Å². The summed E-state index contributed by atoms with van der Waals surface area (Å²) < 4.78 is 7.57. The van der Waals surface area contributed by atoms with Gasteiger partial charge in [0.05, 0.1) is 22.8 Å². The van der Waals surface area contributed by atoms with Gasteiger partial charge in [-0.05, 0) is 65.3 Å². The van der Waals surface area contributed by atoms with E-state index in [9.17, 15) is 4.79 Å². The number of carbonyl (C=O) groups is 1. The van der Waals surface area contributed by atoms with Crippen LogP contribution in [0, 0.1) is 19.8 Å². The third kappa shape index (κ3) is 3.67. The van der Waals surface area contributed by atoms with E-state index >= 15 is 0 Å². The summed E-state index contributed by atoms with van der Waals surface area (Å²) in [5.74, 6) is 1.94. The first-order valence-corrected chi connectivity index (χ1v) is 10.3. The molecule has 1 fully saturated rings. The van der Waals surface area contributed by atoms with Gasteiger partial charge < -0.3 is 15.1 Å². The second-order valence-electron chi connectivity index (χ2n) is 8.35. The number of rotatable bonds is 4. The molecule has 29 heavy (non-hydrogen) atoms. The normalized spacial score (nSPS) is 19.8. The van der Waals surface area contributed by atoms with Gasteiger partial charge in [0, 0.05) is 17.6 Å². The van der Waals surface area contributed by atoms with Crippen molar-refractivity contribution < 1.29 is 9.21 Å². The van der Waals surface area contributed by atoms with Crippen molar-refractivity contribution >= 4 is 16.9 Å². The first-order chi connectivity index (χ1) is 13.8. The molecule has 1 aliphatic heterocycles. The third-order valence-corrected chi connectivity index (χ3v) is 5.72. The predicted octanol–water partition coefficient (Wildman–Crippen LogP) is 3.62. The number of furan rings is 1. The third-order valence-electron chi connectivity index (χ3n) is 5.72. The largest absolute Gasteiger partial charge is 0.466 e. The van der Waals surface area contributed by atoms with Crippen molar-refractivity contribution in [1.29, 1.82) is 0 Å². The molecule has 0 spiro atoms. The second-order valence-corrected chi connectivity index (χ2v) is 8.35. The highest BCUT2D eigenvalue weighted by Crippen LogP contribution is 2.30. The molecule has 3 aromatic heterocycles. The molecule has 1 amide bonds. The Labute approximate surface area is 170 Å². The van der Waals surface area contributed by atoms with Crippen molar-refractivity contribution in [3.05, 3.63) is 35.4 Å². The van der Waals surface area contributed by atoms with E-state index < -0.39 is 0 Å². The van der Waals surface area contributed by atoms with Gasteiger partial charge in [-0.1, -0.05) is 6.92 Å². The van der Waals surface area contributed by atoms with Crippen molar-refractivity contribution in [1.82, 2.24) is 25.4 Å². The minimum atomic E-state index is -0.0708. The van der Waals surface area contributed by atoms with E-state index in [1.165, 1.54) is 0 Å². The average Bonchev–Trinajstić information content (AvgIpc) is 3.25. The van der Waals surface area contributed by atoms with E-state index in [1.54, 1.807) is 6.20 Å². The van der Waals surface area contributed by atoms with E-state index in [-0.39, 0.29) is 18.0 Å². The molecule has 2 atom stereocenters. The lowest BCUT2D eigenvalue weighted by Gasteiger charge is -2.30. The lowest BCUT2D eigenvalue weighted by molar-refractivity contribution is 0.0916. The summed E-state index contributed by atoms with van der Waals surface area (Å²) in [6, 6.07) is 4.14. The maximum Gasteiger partial charge on any atom is 0.252 e. The number of hydrogen-bond acceptors (Lipinski definition) is 5. The Morgan fingerprint density at radius 2 is 2.14 bits per heavy atom. The minimum Gasteiger partial charge on any atom is -0.466 e. The number of amides is 1. The summed E-state index contributed by atoms with van der Waals surface area (Å²) in [5.41, 5.74) is 2.98. The summed E-state index contributed by atoms with van der Waals surface area (Å²) in [6.07, 6.45) is 2.68. The topological polar surface area (TPSA) is 85.0 Å². The predicted molar refractivity (Wildman–Crippen MR) is 113 cm³/mol. The van der Waals surface area contributed by atoms with Crippen LogP contribution in [0.5, 0.6) is 0 Å². The number of aryl methyl sites for hydroxylation is 2. The molecule has 0 saturated carbocycles. The number of aromatic nitrogens is 3. The Balaban J connectivity index is 1.81. The van der Waals surface area contributed by atoms with Crippen LogP contribution in [-0.2, 0) is 0 Å². The van der Waals surface area contributed by atoms with Crippen LogP contribution in [0.4, 0.5) is 0 Å². The number of carbonyl (C=O) groups excluding carboxylic acids is 1. The lowest BCUT2D eigenvalue weighted by Crippen LogP contribution is -2.48. The summed E-state index contributed by atoms with van der Waals surface area (Å²) in [4.78, 5) is 18.2. The fourth-order valence-electron chi connectivity index (χ4n) is 4.08. The number of pyridine rings is 1. The highest BCUT2D eigenvalue weighted by Gasteiger charge is 2.25. The van der Waals surface area contributed by atoms with Gasteiger partial charge >= 0.3 is 0 Å². The van der Waals surface area contributed by atoms with Crippen LogP contribution in [0.1, 0.15) is 55.1 Å². The lowest BCUT2D eigenvalue weighted by atomic mass is 9.95. The van der Waals surface area contributed by atoms with E-state index in [0.717, 1.165) is 53.3 Å². The molecular weight excluding hydrogens is 366 g/mol. The molecule has 0 aromatic carbocycles. The maximum atomic E-state index is 13.3. The van der Waals surface area contributed by atoms with Crippen molar-refractivity contribution in [2.75, 3.05) is 13.1 Å². The van der Waals surface area contributed by atoms with Gasteiger partial charge in [-0.3, -0.25) is 4.79 Å². The monoisotopic (exact) mass is 395 g/mol. The fraction of sp³-hybridized carbons (Fsp3) is 0.500. The molecule has 154 valence electrons. The van der Waals surface area contributed by atoms with Crippen LogP contribution in [0.25, 0.3) is 22.3 Å². The average molecular weight is 396 g/mol. The summed E-state index contributed by atoms with van der Waals surface area (Å²) in [7, 11) is 0. The highest BCUT2D eigenvalue weighted by atomic mass is 16.3. The molecule has 3 aromatic rings. The van der Waals surface area contributed by atoms with Crippen molar-refractivity contribution in [3.8, 4) is 11.3 Å². The number of hydrogen-bond donors (Lipinski definition) is 2. The number of fused-ring (bicyclic) bond motifs is 1. The van der Waals surface area contributed by atoms with Crippen LogP contribution in [0.3, 0.4) is 0 Å². The van der Waals surface area contributed by atoms with Gasteiger partial charge in [-0.25, -0.2) is 9.67 Å². The molecule has 0 aliphatic carbocycles. The molecule has 4 rings (SSSR count). The zero-order chi connectivity index (χ0) is 20.7. The van der Waals surface area contributed by atoms with Gasteiger partial charge in [0.15, 0.2) is 5.65 Å². The zero-order valence-electron chi connectivity index (χ0n) is 17.7.